The smallest absolute Gasteiger partial charge is 0.294 e. The minimum atomic E-state index is -0.573. The van der Waals surface area contributed by atoms with E-state index in [1.165, 1.54) is 7.11 Å². The van der Waals surface area contributed by atoms with Gasteiger partial charge in [-0.2, -0.15) is 0 Å². The van der Waals surface area contributed by atoms with Crippen molar-refractivity contribution in [1.29, 1.82) is 0 Å². The van der Waals surface area contributed by atoms with Crippen molar-refractivity contribution in [2.45, 2.75) is 19.4 Å². The summed E-state index contributed by atoms with van der Waals surface area (Å²) in [5.74, 6) is 0.185. The fourth-order valence-electron chi connectivity index (χ4n) is 2.56. The monoisotopic (exact) mass is 393 g/mol. The van der Waals surface area contributed by atoms with Crippen molar-refractivity contribution in [1.82, 2.24) is 0 Å². The molecular formula is C17H16BrNO5. The van der Waals surface area contributed by atoms with Crippen LogP contribution >= 0.6 is 15.9 Å². The molecule has 1 aliphatic rings. The summed E-state index contributed by atoms with van der Waals surface area (Å²) in [6.07, 6.45) is 1.14. The molecule has 2 aromatic rings. The first-order chi connectivity index (χ1) is 11.3. The number of hydrogen-bond acceptors (Lipinski definition) is 5. The van der Waals surface area contributed by atoms with Crippen LogP contribution in [0.5, 0.6) is 11.5 Å². The maximum atomic E-state index is 12.9. The van der Waals surface area contributed by atoms with Crippen LogP contribution in [0, 0.1) is 0 Å². The number of nitrogens with zero attached hydrogens (tertiary/aromatic N) is 1. The van der Waals surface area contributed by atoms with Crippen LogP contribution in [0.25, 0.3) is 0 Å². The van der Waals surface area contributed by atoms with Gasteiger partial charge in [-0.1, -0.05) is 15.9 Å². The topological polar surface area (TPSA) is 69.0 Å². The van der Waals surface area contributed by atoms with Crippen molar-refractivity contribution in [2.24, 2.45) is 0 Å². The van der Waals surface area contributed by atoms with Crippen molar-refractivity contribution in [3.05, 3.63) is 51.0 Å². The van der Waals surface area contributed by atoms with E-state index >= 15 is 0 Å². The Bertz CT molecular complexity index is 858. The molecular weight excluding hydrogens is 378 g/mol. The molecule has 1 aliphatic heterocycles. The fourth-order valence-corrected chi connectivity index (χ4v) is 2.90. The van der Waals surface area contributed by atoms with Crippen molar-refractivity contribution < 1.29 is 18.7 Å². The Morgan fingerprint density at radius 2 is 2.08 bits per heavy atom. The number of benzene rings is 1. The van der Waals surface area contributed by atoms with E-state index in [0.717, 1.165) is 16.8 Å². The number of rotatable bonds is 2. The molecule has 6 nitrogen and oxygen atoms in total. The highest BCUT2D eigenvalue weighted by Gasteiger charge is 2.36. The van der Waals surface area contributed by atoms with Gasteiger partial charge in [-0.3, -0.25) is 14.5 Å². The van der Waals surface area contributed by atoms with E-state index < -0.39 is 16.9 Å². The number of methoxy groups -OCH3 is 1. The molecule has 0 saturated carbocycles. The maximum absolute atomic E-state index is 12.9. The molecule has 0 N–H and O–H groups in total. The van der Waals surface area contributed by atoms with Crippen LogP contribution < -0.4 is 19.8 Å². The standard InChI is InChI=1S/C17H16BrNO5/c1-17(2)9-19(11-5-4-10(18)6-13(11)24-17)16(21)14-7-12(20)15(22-3)8-23-14/h4-8H,9H2,1-3H3. The van der Waals surface area contributed by atoms with Gasteiger partial charge < -0.3 is 13.9 Å². The Kier molecular flexibility index (Phi) is 4.13. The van der Waals surface area contributed by atoms with Crippen molar-refractivity contribution in [3.63, 3.8) is 0 Å². The fraction of sp³-hybridized carbons (Fsp3) is 0.294. The molecule has 0 saturated heterocycles. The average Bonchev–Trinajstić information content (AvgIpc) is 2.52. The molecule has 126 valence electrons. The summed E-state index contributed by atoms with van der Waals surface area (Å²) in [7, 11) is 1.37. The minimum absolute atomic E-state index is 0.0487. The maximum Gasteiger partial charge on any atom is 0.294 e. The zero-order valence-electron chi connectivity index (χ0n) is 13.5. The molecule has 0 atom stereocenters. The quantitative estimate of drug-likeness (QED) is 0.783. The highest BCUT2D eigenvalue weighted by atomic mass is 79.9. The predicted octanol–water partition coefficient (Wildman–Crippen LogP) is 3.23. The molecule has 0 radical (unpaired) electrons. The molecule has 1 amide bonds. The van der Waals surface area contributed by atoms with Gasteiger partial charge in [-0.15, -0.1) is 0 Å². The summed E-state index contributed by atoms with van der Waals surface area (Å²) >= 11 is 3.40. The lowest BCUT2D eigenvalue weighted by molar-refractivity contribution is 0.0814. The second kappa shape index (κ2) is 5.98. The van der Waals surface area contributed by atoms with Gasteiger partial charge in [0.05, 0.1) is 19.3 Å². The zero-order valence-corrected chi connectivity index (χ0v) is 15.0. The Morgan fingerprint density at radius 3 is 2.75 bits per heavy atom. The van der Waals surface area contributed by atoms with Gasteiger partial charge in [0.25, 0.3) is 5.91 Å². The number of fused-ring (bicyclic) bond motifs is 1. The molecule has 0 spiro atoms. The summed E-state index contributed by atoms with van der Waals surface area (Å²) in [6.45, 7) is 4.11. The molecule has 3 rings (SSSR count). The molecule has 0 fully saturated rings. The van der Waals surface area contributed by atoms with E-state index in [1.54, 1.807) is 17.0 Å². The molecule has 7 heteroatoms. The van der Waals surface area contributed by atoms with Crippen LogP contribution in [0.3, 0.4) is 0 Å². The summed E-state index contributed by atoms with van der Waals surface area (Å²) in [6, 6.07) is 6.56. The van der Waals surface area contributed by atoms with Crippen LogP contribution in [0.1, 0.15) is 24.4 Å². The van der Waals surface area contributed by atoms with Crippen LogP contribution in [-0.4, -0.2) is 25.2 Å². The second-order valence-corrected chi connectivity index (χ2v) is 6.96. The minimum Gasteiger partial charge on any atom is -0.490 e. The normalized spacial score (nSPS) is 15.4. The van der Waals surface area contributed by atoms with E-state index in [9.17, 15) is 9.59 Å². The van der Waals surface area contributed by atoms with E-state index in [-0.39, 0.29) is 11.5 Å². The molecule has 24 heavy (non-hydrogen) atoms. The molecule has 0 bridgehead atoms. The molecule has 0 aliphatic carbocycles. The van der Waals surface area contributed by atoms with Gasteiger partial charge >= 0.3 is 0 Å². The predicted molar refractivity (Wildman–Crippen MR) is 92.1 cm³/mol. The number of carbonyl (C=O) groups is 1. The first kappa shape index (κ1) is 16.6. The van der Waals surface area contributed by atoms with Crippen molar-refractivity contribution in [3.8, 4) is 11.5 Å². The van der Waals surface area contributed by atoms with E-state index in [2.05, 4.69) is 15.9 Å². The summed E-state index contributed by atoms with van der Waals surface area (Å²) in [5.41, 5.74) is -0.354. The van der Waals surface area contributed by atoms with E-state index in [1.807, 2.05) is 19.9 Å². The number of ether oxygens (including phenoxy) is 2. The van der Waals surface area contributed by atoms with Crippen molar-refractivity contribution >= 4 is 27.5 Å². The lowest BCUT2D eigenvalue weighted by Crippen LogP contribution is -2.49. The first-order valence-electron chi connectivity index (χ1n) is 7.28. The Hall–Kier alpha value is -2.28. The van der Waals surface area contributed by atoms with Gasteiger partial charge in [0.15, 0.2) is 5.76 Å². The zero-order chi connectivity index (χ0) is 17.5. The third-order valence-electron chi connectivity index (χ3n) is 3.61. The molecule has 1 aromatic carbocycles. The van der Waals surface area contributed by atoms with E-state index in [0.29, 0.717) is 18.0 Å². The lowest BCUT2D eigenvalue weighted by Gasteiger charge is -2.39. The average molecular weight is 394 g/mol. The van der Waals surface area contributed by atoms with Crippen molar-refractivity contribution in [2.75, 3.05) is 18.6 Å². The summed E-state index contributed by atoms with van der Waals surface area (Å²) < 4.78 is 16.9. The number of amides is 1. The van der Waals surface area contributed by atoms with Gasteiger partial charge in [0, 0.05) is 10.5 Å². The third-order valence-corrected chi connectivity index (χ3v) is 4.10. The van der Waals surface area contributed by atoms with E-state index in [4.69, 9.17) is 13.9 Å². The summed E-state index contributed by atoms with van der Waals surface area (Å²) in [5, 5.41) is 0. The van der Waals surface area contributed by atoms with Crippen LogP contribution in [0.4, 0.5) is 5.69 Å². The third kappa shape index (κ3) is 3.03. The van der Waals surface area contributed by atoms with Crippen LogP contribution in [0.2, 0.25) is 0 Å². The summed E-state index contributed by atoms with van der Waals surface area (Å²) in [4.78, 5) is 26.3. The van der Waals surface area contributed by atoms with Gasteiger partial charge in [-0.05, 0) is 32.0 Å². The Labute approximate surface area is 147 Å². The second-order valence-electron chi connectivity index (χ2n) is 6.04. The SMILES string of the molecule is COc1coc(C(=O)N2CC(C)(C)Oc3cc(Br)ccc32)cc1=O. The number of halogens is 1. The van der Waals surface area contributed by atoms with Gasteiger partial charge in [0.2, 0.25) is 11.2 Å². The Balaban J connectivity index is 2.04. The number of carbonyl (C=O) groups excluding carboxylic acids is 1. The van der Waals surface area contributed by atoms with Crippen LogP contribution in [0.15, 0.2) is 44.2 Å². The van der Waals surface area contributed by atoms with Gasteiger partial charge in [-0.25, -0.2) is 0 Å². The highest BCUT2D eigenvalue weighted by molar-refractivity contribution is 9.10. The van der Waals surface area contributed by atoms with Gasteiger partial charge in [0.1, 0.15) is 17.6 Å². The number of hydrogen-bond donors (Lipinski definition) is 0. The first-order valence-corrected chi connectivity index (χ1v) is 8.07. The molecule has 0 unspecified atom stereocenters. The number of anilines is 1. The molecule has 1 aromatic heterocycles. The molecule has 2 heterocycles. The largest absolute Gasteiger partial charge is 0.490 e. The Morgan fingerprint density at radius 1 is 1.33 bits per heavy atom. The lowest BCUT2D eigenvalue weighted by atomic mass is 10.0. The highest BCUT2D eigenvalue weighted by Crippen LogP contribution is 2.39. The van der Waals surface area contributed by atoms with Crippen LogP contribution in [-0.2, 0) is 0 Å².